The molecule has 0 aliphatic heterocycles. The molecule has 0 amide bonds. The third kappa shape index (κ3) is 2.74. The lowest BCUT2D eigenvalue weighted by Crippen LogP contribution is -1.84. The fraction of sp³-hybridized carbons (Fsp3) is 0.111. The maximum absolute atomic E-state index is 12.8. The largest absolute Gasteiger partial charge is 0.240 e. The lowest BCUT2D eigenvalue weighted by atomic mass is 10.3. The molecule has 0 atom stereocenters. The predicted molar refractivity (Wildman–Crippen MR) is 46.3 cm³/mol. The van der Waals surface area contributed by atoms with Crippen molar-refractivity contribution in [3.8, 4) is 17.9 Å². The number of nitriles is 1. The Kier molecular flexibility index (Phi) is 3.25. The molecule has 0 radical (unpaired) electrons. The van der Waals surface area contributed by atoms with E-state index in [1.807, 2.05) is 6.07 Å². The monoisotopic (exact) mass is 194 g/mol. The van der Waals surface area contributed by atoms with Crippen LogP contribution >= 0.6 is 11.6 Å². The Balaban J connectivity index is 2.89. The van der Waals surface area contributed by atoms with Crippen LogP contribution in [0.4, 0.5) is 4.39 Å². The molecule has 1 rings (SSSR count). The third-order valence-corrected chi connectivity index (χ3v) is 1.47. The van der Waals surface area contributed by atoms with Gasteiger partial charge in [-0.2, -0.15) is 5.26 Å². The molecule has 1 aromatic heterocycles. The lowest BCUT2D eigenvalue weighted by Gasteiger charge is -1.92. The lowest BCUT2D eigenvalue weighted by molar-refractivity contribution is 0.621. The van der Waals surface area contributed by atoms with Crippen molar-refractivity contribution in [2.75, 3.05) is 0 Å². The van der Waals surface area contributed by atoms with Gasteiger partial charge in [-0.1, -0.05) is 23.4 Å². The quantitative estimate of drug-likeness (QED) is 0.469. The first-order valence-electron chi connectivity index (χ1n) is 3.41. The van der Waals surface area contributed by atoms with Crippen LogP contribution in [-0.4, -0.2) is 4.98 Å². The zero-order valence-electron chi connectivity index (χ0n) is 6.51. The Morgan fingerprint density at radius 2 is 2.38 bits per heavy atom. The number of nitrogens with zero attached hydrogens (tertiary/aromatic N) is 2. The average Bonchev–Trinajstić information content (AvgIpc) is 2.12. The summed E-state index contributed by atoms with van der Waals surface area (Å²) in [5.74, 6) is 4.51. The Labute approximate surface area is 80.0 Å². The van der Waals surface area contributed by atoms with Crippen molar-refractivity contribution in [1.82, 2.24) is 4.98 Å². The van der Waals surface area contributed by atoms with Gasteiger partial charge in [-0.3, -0.25) is 0 Å². The highest BCUT2D eigenvalue weighted by Gasteiger charge is 1.99. The third-order valence-electron chi connectivity index (χ3n) is 1.20. The Hall–Kier alpha value is -1.58. The van der Waals surface area contributed by atoms with Crippen LogP contribution in [0.3, 0.4) is 0 Å². The van der Waals surface area contributed by atoms with Crippen LogP contribution in [0, 0.1) is 29.0 Å². The van der Waals surface area contributed by atoms with E-state index in [2.05, 4.69) is 16.8 Å². The van der Waals surface area contributed by atoms with Crippen LogP contribution in [0.2, 0.25) is 5.15 Å². The van der Waals surface area contributed by atoms with Crippen molar-refractivity contribution in [1.29, 1.82) is 5.26 Å². The van der Waals surface area contributed by atoms with Crippen molar-refractivity contribution in [3.63, 3.8) is 0 Å². The van der Waals surface area contributed by atoms with Crippen molar-refractivity contribution in [3.05, 3.63) is 28.8 Å². The summed E-state index contributed by atoms with van der Waals surface area (Å²) >= 11 is 5.36. The molecule has 0 spiro atoms. The molecule has 0 saturated carbocycles. The van der Waals surface area contributed by atoms with Crippen LogP contribution in [0.25, 0.3) is 0 Å². The molecule has 0 N–H and O–H groups in total. The summed E-state index contributed by atoms with van der Waals surface area (Å²) in [7, 11) is 0. The number of hydrogen-bond acceptors (Lipinski definition) is 2. The molecule has 0 bridgehead atoms. The Morgan fingerprint density at radius 1 is 1.62 bits per heavy atom. The summed E-state index contributed by atoms with van der Waals surface area (Å²) in [6.45, 7) is 0. The standard InChI is InChI=1S/C9H4ClFN2/c10-9-8(11)5-7(6-13-9)3-1-2-4-12/h5-6H,2H2. The van der Waals surface area contributed by atoms with Gasteiger partial charge in [-0.25, -0.2) is 9.37 Å². The summed E-state index contributed by atoms with van der Waals surface area (Å²) in [6.07, 6.45) is 1.47. The van der Waals surface area contributed by atoms with Gasteiger partial charge in [0.05, 0.1) is 12.5 Å². The predicted octanol–water partition coefficient (Wildman–Crippen LogP) is 2.14. The molecule has 2 nitrogen and oxygen atoms in total. The second-order valence-electron chi connectivity index (χ2n) is 2.13. The summed E-state index contributed by atoms with van der Waals surface area (Å²) in [5, 5.41) is 8.00. The molecule has 4 heteroatoms. The average molecular weight is 195 g/mol. The second kappa shape index (κ2) is 4.45. The van der Waals surface area contributed by atoms with E-state index in [0.717, 1.165) is 0 Å². The first kappa shape index (κ1) is 9.51. The highest BCUT2D eigenvalue weighted by molar-refractivity contribution is 6.29. The van der Waals surface area contributed by atoms with Gasteiger partial charge < -0.3 is 0 Å². The molecule has 0 unspecified atom stereocenters. The number of halogens is 2. The second-order valence-corrected chi connectivity index (χ2v) is 2.49. The van der Waals surface area contributed by atoms with E-state index in [1.54, 1.807) is 0 Å². The molecule has 1 heterocycles. The van der Waals surface area contributed by atoms with Crippen LogP contribution in [0.1, 0.15) is 12.0 Å². The minimum atomic E-state index is -0.606. The van der Waals surface area contributed by atoms with Gasteiger partial charge in [0.15, 0.2) is 11.0 Å². The normalized spacial score (nSPS) is 8.38. The van der Waals surface area contributed by atoms with Gasteiger partial charge in [0.25, 0.3) is 0 Å². The zero-order valence-corrected chi connectivity index (χ0v) is 7.27. The molecule has 0 aliphatic rings. The fourth-order valence-electron chi connectivity index (χ4n) is 0.675. The highest BCUT2D eigenvalue weighted by Crippen LogP contribution is 2.10. The minimum absolute atomic E-state index is 0.115. The molecular weight excluding hydrogens is 191 g/mol. The van der Waals surface area contributed by atoms with Gasteiger partial charge in [-0.15, -0.1) is 0 Å². The molecule has 0 aliphatic carbocycles. The topological polar surface area (TPSA) is 36.7 Å². The molecular formula is C9H4ClFN2. The first-order valence-corrected chi connectivity index (χ1v) is 3.78. The summed E-state index contributed by atoms with van der Waals surface area (Å²) < 4.78 is 12.8. The van der Waals surface area contributed by atoms with E-state index in [9.17, 15) is 4.39 Å². The Morgan fingerprint density at radius 3 is 3.00 bits per heavy atom. The summed E-state index contributed by atoms with van der Waals surface area (Å²) in [4.78, 5) is 3.56. The molecule has 0 saturated heterocycles. The van der Waals surface area contributed by atoms with E-state index >= 15 is 0 Å². The number of pyridine rings is 1. The smallest absolute Gasteiger partial charge is 0.164 e. The summed E-state index contributed by atoms with van der Waals surface area (Å²) in [5.41, 5.74) is 0.414. The van der Waals surface area contributed by atoms with Crippen molar-refractivity contribution < 1.29 is 4.39 Å². The SMILES string of the molecule is N#CCC#Cc1cnc(Cl)c(F)c1. The van der Waals surface area contributed by atoms with E-state index in [0.29, 0.717) is 5.56 Å². The first-order chi connectivity index (χ1) is 6.24. The van der Waals surface area contributed by atoms with Gasteiger partial charge in [-0.05, 0) is 6.07 Å². The van der Waals surface area contributed by atoms with Crippen LogP contribution in [0.5, 0.6) is 0 Å². The maximum atomic E-state index is 12.8. The van der Waals surface area contributed by atoms with Gasteiger partial charge >= 0.3 is 0 Å². The highest BCUT2D eigenvalue weighted by atomic mass is 35.5. The van der Waals surface area contributed by atoms with Crippen LogP contribution in [0.15, 0.2) is 12.3 Å². The summed E-state index contributed by atoms with van der Waals surface area (Å²) in [6, 6.07) is 3.03. The number of hydrogen-bond donors (Lipinski definition) is 0. The molecule has 1 aromatic rings. The van der Waals surface area contributed by atoms with Crippen molar-refractivity contribution in [2.45, 2.75) is 6.42 Å². The van der Waals surface area contributed by atoms with Crippen molar-refractivity contribution in [2.24, 2.45) is 0 Å². The van der Waals surface area contributed by atoms with Crippen molar-refractivity contribution >= 4 is 11.6 Å². The van der Waals surface area contributed by atoms with Crippen LogP contribution in [-0.2, 0) is 0 Å². The zero-order chi connectivity index (χ0) is 9.68. The minimum Gasteiger partial charge on any atom is -0.240 e. The van der Waals surface area contributed by atoms with E-state index in [4.69, 9.17) is 16.9 Å². The van der Waals surface area contributed by atoms with E-state index in [1.165, 1.54) is 12.3 Å². The molecule has 13 heavy (non-hydrogen) atoms. The van der Waals surface area contributed by atoms with E-state index < -0.39 is 5.82 Å². The number of rotatable bonds is 0. The number of aromatic nitrogens is 1. The van der Waals surface area contributed by atoms with Gasteiger partial charge in [0.1, 0.15) is 0 Å². The fourth-order valence-corrected chi connectivity index (χ4v) is 0.779. The molecule has 0 fully saturated rings. The van der Waals surface area contributed by atoms with E-state index in [-0.39, 0.29) is 11.6 Å². The van der Waals surface area contributed by atoms with Gasteiger partial charge in [0, 0.05) is 11.8 Å². The van der Waals surface area contributed by atoms with Crippen LogP contribution < -0.4 is 0 Å². The molecule has 0 aromatic carbocycles. The maximum Gasteiger partial charge on any atom is 0.164 e. The molecule has 64 valence electrons. The Bertz CT molecular complexity index is 412. The van der Waals surface area contributed by atoms with Gasteiger partial charge in [0.2, 0.25) is 0 Å².